The predicted molar refractivity (Wildman–Crippen MR) is 90.1 cm³/mol. The first-order valence-electron chi connectivity index (χ1n) is 8.46. The molecule has 0 bridgehead atoms. The SMILES string of the molecule is C=CCC1(CC=C)C[C@@]2(C)CCC(C)(C)C[C@@H]2[C@H](C)C1=O. The van der Waals surface area contributed by atoms with E-state index in [1.54, 1.807) is 0 Å². The van der Waals surface area contributed by atoms with Crippen molar-refractivity contribution in [3.05, 3.63) is 25.3 Å². The monoisotopic (exact) mass is 288 g/mol. The van der Waals surface area contributed by atoms with Crippen LogP contribution in [0.15, 0.2) is 25.3 Å². The molecule has 0 radical (unpaired) electrons. The molecule has 2 aliphatic carbocycles. The van der Waals surface area contributed by atoms with Crippen molar-refractivity contribution in [2.24, 2.45) is 28.1 Å². The lowest BCUT2D eigenvalue weighted by Crippen LogP contribution is -2.54. The van der Waals surface area contributed by atoms with Gasteiger partial charge in [-0.1, -0.05) is 39.8 Å². The van der Waals surface area contributed by atoms with Crippen molar-refractivity contribution in [2.75, 3.05) is 0 Å². The molecule has 0 spiro atoms. The number of fused-ring (bicyclic) bond motifs is 1. The molecule has 1 heteroatoms. The smallest absolute Gasteiger partial charge is 0.142 e. The number of hydrogen-bond donors (Lipinski definition) is 0. The summed E-state index contributed by atoms with van der Waals surface area (Å²) in [6.07, 6.45) is 10.2. The van der Waals surface area contributed by atoms with Crippen LogP contribution < -0.4 is 0 Å². The highest BCUT2D eigenvalue weighted by atomic mass is 16.1. The summed E-state index contributed by atoms with van der Waals surface area (Å²) in [5, 5.41) is 0. The fourth-order valence-corrected chi connectivity index (χ4v) is 5.26. The Kier molecular flexibility index (Phi) is 4.26. The maximum atomic E-state index is 13.1. The van der Waals surface area contributed by atoms with Crippen LogP contribution in [0, 0.1) is 28.1 Å². The molecule has 0 aromatic rings. The zero-order valence-electron chi connectivity index (χ0n) is 14.4. The molecule has 118 valence electrons. The van der Waals surface area contributed by atoms with Crippen molar-refractivity contribution in [2.45, 2.75) is 66.2 Å². The predicted octanol–water partition coefficient (Wildman–Crippen LogP) is 5.57. The van der Waals surface area contributed by atoms with Crippen molar-refractivity contribution in [3.8, 4) is 0 Å². The van der Waals surface area contributed by atoms with Crippen molar-refractivity contribution in [1.82, 2.24) is 0 Å². The summed E-state index contributed by atoms with van der Waals surface area (Å²) in [6, 6.07) is 0. The lowest BCUT2D eigenvalue weighted by molar-refractivity contribution is -0.152. The third-order valence-corrected chi connectivity index (χ3v) is 6.39. The van der Waals surface area contributed by atoms with E-state index in [4.69, 9.17) is 0 Å². The second-order valence-corrected chi connectivity index (χ2v) is 8.72. The zero-order chi connectivity index (χ0) is 15.9. The molecule has 2 aliphatic rings. The lowest BCUT2D eigenvalue weighted by Gasteiger charge is -2.57. The Morgan fingerprint density at radius 2 is 1.71 bits per heavy atom. The fraction of sp³-hybridized carbons (Fsp3) is 0.750. The average Bonchev–Trinajstić information content (AvgIpc) is 2.39. The van der Waals surface area contributed by atoms with Gasteiger partial charge in [0.1, 0.15) is 5.78 Å². The standard InChI is InChI=1S/C20H32O/c1-7-9-20(10-8-2)14-19(6)12-11-18(4,5)13-16(19)15(3)17(20)21/h7-8,15-16H,1-2,9-14H2,3-6H3/t15-,16+,19+/m0/s1. The van der Waals surface area contributed by atoms with E-state index in [-0.39, 0.29) is 11.3 Å². The van der Waals surface area contributed by atoms with Gasteiger partial charge in [0.25, 0.3) is 0 Å². The minimum absolute atomic E-state index is 0.170. The molecule has 0 N–H and O–H groups in total. The molecule has 2 rings (SSSR count). The van der Waals surface area contributed by atoms with Gasteiger partial charge in [-0.2, -0.15) is 0 Å². The maximum absolute atomic E-state index is 13.1. The van der Waals surface area contributed by atoms with Gasteiger partial charge in [0.2, 0.25) is 0 Å². The molecule has 2 fully saturated rings. The maximum Gasteiger partial charge on any atom is 0.142 e. The molecule has 3 atom stereocenters. The van der Waals surface area contributed by atoms with Crippen LogP contribution in [-0.2, 0) is 4.79 Å². The Hall–Kier alpha value is -0.850. The van der Waals surface area contributed by atoms with Gasteiger partial charge in [0, 0.05) is 11.3 Å². The average molecular weight is 288 g/mol. The topological polar surface area (TPSA) is 17.1 Å². The number of hydrogen-bond acceptors (Lipinski definition) is 1. The Morgan fingerprint density at radius 3 is 2.24 bits per heavy atom. The van der Waals surface area contributed by atoms with Gasteiger partial charge in [-0.25, -0.2) is 0 Å². The Labute approximate surface area is 130 Å². The summed E-state index contributed by atoms with van der Waals surface area (Å²) >= 11 is 0. The van der Waals surface area contributed by atoms with Crippen molar-refractivity contribution < 1.29 is 4.79 Å². The number of rotatable bonds is 4. The van der Waals surface area contributed by atoms with E-state index in [9.17, 15) is 4.79 Å². The van der Waals surface area contributed by atoms with E-state index in [1.165, 1.54) is 19.3 Å². The molecule has 0 heterocycles. The van der Waals surface area contributed by atoms with E-state index < -0.39 is 0 Å². The fourth-order valence-electron chi connectivity index (χ4n) is 5.26. The molecule has 0 amide bonds. The third-order valence-electron chi connectivity index (χ3n) is 6.39. The molecular formula is C20H32O. The van der Waals surface area contributed by atoms with Gasteiger partial charge >= 0.3 is 0 Å². The van der Waals surface area contributed by atoms with Crippen molar-refractivity contribution in [1.29, 1.82) is 0 Å². The minimum atomic E-state index is -0.240. The van der Waals surface area contributed by atoms with Crippen LogP contribution in [0.3, 0.4) is 0 Å². The van der Waals surface area contributed by atoms with Crippen molar-refractivity contribution >= 4 is 5.78 Å². The first-order valence-corrected chi connectivity index (χ1v) is 8.46. The summed E-state index contributed by atoms with van der Waals surface area (Å²) in [7, 11) is 0. The van der Waals surface area contributed by atoms with Crippen LogP contribution in [0.5, 0.6) is 0 Å². The number of carbonyl (C=O) groups excluding carboxylic acids is 1. The normalized spacial score (nSPS) is 37.6. The van der Waals surface area contributed by atoms with Crippen LogP contribution in [-0.4, -0.2) is 5.78 Å². The number of carbonyl (C=O) groups is 1. The van der Waals surface area contributed by atoms with E-state index >= 15 is 0 Å². The summed E-state index contributed by atoms with van der Waals surface area (Å²) in [5.41, 5.74) is 0.445. The molecule has 2 saturated carbocycles. The third kappa shape index (κ3) is 2.76. The summed E-state index contributed by atoms with van der Waals surface area (Å²) in [5.74, 6) is 1.17. The quantitative estimate of drug-likeness (QED) is 0.618. The second kappa shape index (κ2) is 5.41. The summed E-state index contributed by atoms with van der Waals surface area (Å²) in [4.78, 5) is 13.1. The number of allylic oxidation sites excluding steroid dienone is 2. The van der Waals surface area contributed by atoms with Gasteiger partial charge in [-0.15, -0.1) is 13.2 Å². The van der Waals surface area contributed by atoms with Crippen LogP contribution in [0.25, 0.3) is 0 Å². The molecule has 0 aromatic carbocycles. The van der Waals surface area contributed by atoms with Crippen LogP contribution in [0.1, 0.15) is 66.2 Å². The van der Waals surface area contributed by atoms with Crippen LogP contribution in [0.2, 0.25) is 0 Å². The van der Waals surface area contributed by atoms with E-state index in [2.05, 4.69) is 40.9 Å². The lowest BCUT2D eigenvalue weighted by atomic mass is 9.46. The first-order chi connectivity index (χ1) is 9.70. The molecule has 1 nitrogen and oxygen atoms in total. The highest BCUT2D eigenvalue weighted by molar-refractivity contribution is 5.88. The molecule has 21 heavy (non-hydrogen) atoms. The molecule has 0 aromatic heterocycles. The Morgan fingerprint density at radius 1 is 1.14 bits per heavy atom. The Bertz CT molecular complexity index is 435. The Balaban J connectivity index is 2.39. The van der Waals surface area contributed by atoms with Gasteiger partial charge in [0.15, 0.2) is 0 Å². The van der Waals surface area contributed by atoms with Gasteiger partial charge in [-0.05, 0) is 55.3 Å². The highest BCUT2D eigenvalue weighted by Gasteiger charge is 2.57. The van der Waals surface area contributed by atoms with E-state index in [0.717, 1.165) is 19.3 Å². The first kappa shape index (κ1) is 16.5. The summed E-state index contributed by atoms with van der Waals surface area (Å²) < 4.78 is 0. The molecule has 0 unspecified atom stereocenters. The zero-order valence-corrected chi connectivity index (χ0v) is 14.4. The number of ketones is 1. The highest BCUT2D eigenvalue weighted by Crippen LogP contribution is 2.61. The molecule has 0 aliphatic heterocycles. The molecular weight excluding hydrogens is 256 g/mol. The molecule has 0 saturated heterocycles. The largest absolute Gasteiger partial charge is 0.299 e. The summed E-state index contributed by atoms with van der Waals surface area (Å²) in [6.45, 7) is 17.1. The number of Topliss-reactive ketones (excluding diaryl/α,β-unsaturated/α-hetero) is 1. The van der Waals surface area contributed by atoms with Crippen LogP contribution in [0.4, 0.5) is 0 Å². The minimum Gasteiger partial charge on any atom is -0.299 e. The van der Waals surface area contributed by atoms with Gasteiger partial charge in [-0.3, -0.25) is 4.79 Å². The van der Waals surface area contributed by atoms with Gasteiger partial charge in [0.05, 0.1) is 0 Å². The van der Waals surface area contributed by atoms with E-state index in [1.807, 2.05) is 12.2 Å². The van der Waals surface area contributed by atoms with E-state index in [0.29, 0.717) is 22.5 Å². The second-order valence-electron chi connectivity index (χ2n) is 8.72. The van der Waals surface area contributed by atoms with Gasteiger partial charge < -0.3 is 0 Å². The van der Waals surface area contributed by atoms with Crippen LogP contribution >= 0.6 is 0 Å². The van der Waals surface area contributed by atoms with Crippen molar-refractivity contribution in [3.63, 3.8) is 0 Å².